The van der Waals surface area contributed by atoms with Crippen LogP contribution in [-0.2, 0) is 9.59 Å². The van der Waals surface area contributed by atoms with E-state index in [0.717, 1.165) is 19.3 Å². The van der Waals surface area contributed by atoms with Crippen LogP contribution in [0.25, 0.3) is 0 Å². The molecule has 0 aromatic rings. The fourth-order valence-corrected chi connectivity index (χ4v) is 1.88. The molecule has 2 amide bonds. The fourth-order valence-electron chi connectivity index (χ4n) is 1.62. The molecule has 17 heavy (non-hydrogen) atoms. The third kappa shape index (κ3) is 7.21. The fraction of sp³-hybridized carbons (Fsp3) is 0.833. The summed E-state index contributed by atoms with van der Waals surface area (Å²) < 4.78 is 0. The highest BCUT2D eigenvalue weighted by Crippen LogP contribution is 2.14. The second-order valence-electron chi connectivity index (χ2n) is 4.30. The standard InChI is InChI=1S/C12H23ClN2O2/c1-3-5-6-9(8-13)7-11(16)15-10(4-2)12(14)17/h9-10H,3-8H2,1-2H3,(H2,14,17)(H,15,16)/t9-,10+/m1/s1. The van der Waals surface area contributed by atoms with Crippen molar-refractivity contribution >= 4 is 23.4 Å². The highest BCUT2D eigenvalue weighted by Gasteiger charge is 2.18. The summed E-state index contributed by atoms with van der Waals surface area (Å²) in [4.78, 5) is 22.6. The average molecular weight is 263 g/mol. The minimum absolute atomic E-state index is 0.141. The van der Waals surface area contributed by atoms with Gasteiger partial charge in [-0.05, 0) is 18.8 Å². The van der Waals surface area contributed by atoms with E-state index >= 15 is 0 Å². The molecule has 0 aliphatic rings. The van der Waals surface area contributed by atoms with E-state index in [0.29, 0.717) is 18.7 Å². The number of carbonyl (C=O) groups excluding carboxylic acids is 2. The van der Waals surface area contributed by atoms with Crippen molar-refractivity contribution in [1.82, 2.24) is 5.32 Å². The first-order valence-corrected chi connectivity index (χ1v) is 6.73. The molecule has 0 aliphatic heterocycles. The van der Waals surface area contributed by atoms with Crippen molar-refractivity contribution in [3.8, 4) is 0 Å². The number of primary amides is 1. The van der Waals surface area contributed by atoms with Crippen LogP contribution in [0.5, 0.6) is 0 Å². The van der Waals surface area contributed by atoms with Gasteiger partial charge >= 0.3 is 0 Å². The van der Waals surface area contributed by atoms with E-state index in [1.54, 1.807) is 0 Å². The van der Waals surface area contributed by atoms with Gasteiger partial charge in [0.1, 0.15) is 6.04 Å². The Hall–Kier alpha value is -0.770. The Bertz CT molecular complexity index is 247. The van der Waals surface area contributed by atoms with Crippen molar-refractivity contribution in [2.24, 2.45) is 11.7 Å². The molecule has 0 aromatic heterocycles. The Morgan fingerprint density at radius 2 is 2.00 bits per heavy atom. The van der Waals surface area contributed by atoms with Gasteiger partial charge in [0, 0.05) is 12.3 Å². The van der Waals surface area contributed by atoms with E-state index in [4.69, 9.17) is 17.3 Å². The third-order valence-electron chi connectivity index (χ3n) is 2.75. The zero-order valence-corrected chi connectivity index (χ0v) is 11.4. The number of unbranched alkanes of at least 4 members (excludes halogenated alkanes) is 1. The molecule has 0 bridgehead atoms. The van der Waals surface area contributed by atoms with E-state index in [1.807, 2.05) is 6.92 Å². The molecule has 0 unspecified atom stereocenters. The third-order valence-corrected chi connectivity index (χ3v) is 3.18. The van der Waals surface area contributed by atoms with Crippen LogP contribution in [-0.4, -0.2) is 23.7 Å². The molecule has 4 nitrogen and oxygen atoms in total. The van der Waals surface area contributed by atoms with Crippen molar-refractivity contribution in [2.45, 2.75) is 52.0 Å². The lowest BCUT2D eigenvalue weighted by atomic mass is 10.00. The number of rotatable bonds is 9. The van der Waals surface area contributed by atoms with Gasteiger partial charge in [-0.25, -0.2) is 0 Å². The van der Waals surface area contributed by atoms with Crippen LogP contribution >= 0.6 is 11.6 Å². The predicted molar refractivity (Wildman–Crippen MR) is 69.8 cm³/mol. The lowest BCUT2D eigenvalue weighted by Crippen LogP contribution is -2.44. The number of halogens is 1. The first-order valence-electron chi connectivity index (χ1n) is 6.19. The average Bonchev–Trinajstić information content (AvgIpc) is 2.30. The van der Waals surface area contributed by atoms with Crippen molar-refractivity contribution < 1.29 is 9.59 Å². The van der Waals surface area contributed by atoms with Crippen molar-refractivity contribution in [1.29, 1.82) is 0 Å². The molecule has 5 heteroatoms. The van der Waals surface area contributed by atoms with Crippen LogP contribution in [0, 0.1) is 5.92 Å². The minimum Gasteiger partial charge on any atom is -0.368 e. The van der Waals surface area contributed by atoms with Crippen molar-refractivity contribution in [2.75, 3.05) is 5.88 Å². The molecule has 0 saturated heterocycles. The Morgan fingerprint density at radius 1 is 1.35 bits per heavy atom. The summed E-state index contributed by atoms with van der Waals surface area (Å²) in [5.41, 5.74) is 5.16. The number of hydrogen-bond donors (Lipinski definition) is 2. The van der Waals surface area contributed by atoms with E-state index in [9.17, 15) is 9.59 Å². The molecule has 0 rings (SSSR count). The summed E-state index contributed by atoms with van der Waals surface area (Å²) in [5.74, 6) is 0.0251. The zero-order chi connectivity index (χ0) is 13.3. The van der Waals surface area contributed by atoms with E-state index in [1.165, 1.54) is 0 Å². The maximum absolute atomic E-state index is 11.7. The number of alkyl halides is 1. The van der Waals surface area contributed by atoms with Crippen molar-refractivity contribution in [3.05, 3.63) is 0 Å². The van der Waals surface area contributed by atoms with Crippen LogP contribution in [0.15, 0.2) is 0 Å². The molecule has 3 N–H and O–H groups in total. The van der Waals surface area contributed by atoms with Crippen LogP contribution in [0.2, 0.25) is 0 Å². The van der Waals surface area contributed by atoms with Gasteiger partial charge in [0.05, 0.1) is 0 Å². The second-order valence-corrected chi connectivity index (χ2v) is 4.61. The molecular weight excluding hydrogens is 240 g/mol. The minimum atomic E-state index is -0.565. The summed E-state index contributed by atoms with van der Waals surface area (Å²) in [6, 6.07) is -0.565. The number of carbonyl (C=O) groups is 2. The molecule has 0 spiro atoms. The molecule has 0 fully saturated rings. The first kappa shape index (κ1) is 16.2. The van der Waals surface area contributed by atoms with E-state index < -0.39 is 11.9 Å². The highest BCUT2D eigenvalue weighted by molar-refractivity contribution is 6.18. The van der Waals surface area contributed by atoms with Crippen LogP contribution in [0.4, 0.5) is 0 Å². The Balaban J connectivity index is 4.08. The van der Waals surface area contributed by atoms with E-state index in [2.05, 4.69) is 12.2 Å². The Kier molecular flexibility index (Phi) is 8.86. The van der Waals surface area contributed by atoms with Gasteiger partial charge in [-0.15, -0.1) is 11.6 Å². The molecule has 100 valence electrons. The topological polar surface area (TPSA) is 72.2 Å². The summed E-state index contributed by atoms with van der Waals surface area (Å²) in [5, 5.41) is 2.64. The number of amides is 2. The van der Waals surface area contributed by atoms with Crippen LogP contribution in [0.1, 0.15) is 46.0 Å². The van der Waals surface area contributed by atoms with Gasteiger partial charge in [-0.2, -0.15) is 0 Å². The van der Waals surface area contributed by atoms with Gasteiger partial charge in [0.2, 0.25) is 11.8 Å². The SMILES string of the molecule is CCCC[C@@H](CCl)CC(=O)N[C@@H](CC)C(N)=O. The van der Waals surface area contributed by atoms with Gasteiger partial charge in [0.15, 0.2) is 0 Å². The Labute approximate surface area is 108 Å². The summed E-state index contributed by atoms with van der Waals surface area (Å²) in [6.45, 7) is 3.91. The zero-order valence-electron chi connectivity index (χ0n) is 10.7. The van der Waals surface area contributed by atoms with Gasteiger partial charge < -0.3 is 11.1 Å². The molecule has 0 aromatic carbocycles. The second kappa shape index (κ2) is 9.28. The monoisotopic (exact) mass is 262 g/mol. The van der Waals surface area contributed by atoms with Crippen molar-refractivity contribution in [3.63, 3.8) is 0 Å². The smallest absolute Gasteiger partial charge is 0.239 e. The van der Waals surface area contributed by atoms with Crippen LogP contribution < -0.4 is 11.1 Å². The normalized spacial score (nSPS) is 14.1. The summed E-state index contributed by atoms with van der Waals surface area (Å²) in [6.07, 6.45) is 3.99. The molecular formula is C12H23ClN2O2. The molecule has 0 heterocycles. The molecule has 0 radical (unpaired) electrons. The highest BCUT2D eigenvalue weighted by atomic mass is 35.5. The maximum Gasteiger partial charge on any atom is 0.239 e. The number of hydrogen-bond acceptors (Lipinski definition) is 2. The summed E-state index contributed by atoms with van der Waals surface area (Å²) >= 11 is 5.81. The summed E-state index contributed by atoms with van der Waals surface area (Å²) in [7, 11) is 0. The van der Waals surface area contributed by atoms with Crippen LogP contribution in [0.3, 0.4) is 0 Å². The quantitative estimate of drug-likeness (QED) is 0.622. The van der Waals surface area contributed by atoms with Gasteiger partial charge in [0.25, 0.3) is 0 Å². The molecule has 0 saturated carbocycles. The maximum atomic E-state index is 11.7. The van der Waals surface area contributed by atoms with Gasteiger partial charge in [-0.3, -0.25) is 9.59 Å². The predicted octanol–water partition coefficient (Wildman–Crippen LogP) is 1.80. The van der Waals surface area contributed by atoms with Gasteiger partial charge in [-0.1, -0.05) is 26.7 Å². The number of nitrogens with one attached hydrogen (secondary N) is 1. The lowest BCUT2D eigenvalue weighted by molar-refractivity contribution is -0.127. The molecule has 2 atom stereocenters. The first-order chi connectivity index (χ1) is 8.04. The number of nitrogens with two attached hydrogens (primary N) is 1. The lowest BCUT2D eigenvalue weighted by Gasteiger charge is -2.16. The Morgan fingerprint density at radius 3 is 2.41 bits per heavy atom. The largest absolute Gasteiger partial charge is 0.368 e. The van der Waals surface area contributed by atoms with E-state index in [-0.39, 0.29) is 11.8 Å². The molecule has 0 aliphatic carbocycles.